The third-order valence-corrected chi connectivity index (χ3v) is 2.62. The summed E-state index contributed by atoms with van der Waals surface area (Å²) >= 11 is 0. The molecule has 0 aromatic rings. The predicted molar refractivity (Wildman–Crippen MR) is 71.5 cm³/mol. The largest absolute Gasteiger partial charge is 0.450 e. The summed E-state index contributed by atoms with van der Waals surface area (Å²) in [6, 6.07) is 0. The van der Waals surface area contributed by atoms with E-state index < -0.39 is 6.09 Å². The van der Waals surface area contributed by atoms with Crippen molar-refractivity contribution in [2.45, 2.75) is 12.8 Å². The Labute approximate surface area is 108 Å². The Morgan fingerprint density at radius 3 is 2.78 bits per heavy atom. The summed E-state index contributed by atoms with van der Waals surface area (Å²) in [5.74, 6) is 0. The van der Waals surface area contributed by atoms with Crippen molar-refractivity contribution in [2.75, 3.05) is 26.4 Å². The third-order valence-electron chi connectivity index (χ3n) is 2.62. The van der Waals surface area contributed by atoms with Crippen LogP contribution in [0, 0.1) is 0 Å². The molecule has 18 heavy (non-hydrogen) atoms. The van der Waals surface area contributed by atoms with Gasteiger partial charge in [-0.25, -0.2) is 4.79 Å². The van der Waals surface area contributed by atoms with Gasteiger partial charge in [0.05, 0.1) is 13.3 Å². The summed E-state index contributed by atoms with van der Waals surface area (Å²) in [6.07, 6.45) is 6.79. The fraction of sp³-hybridized carbons (Fsp3) is 0.462. The molecule has 1 aliphatic heterocycles. The molecular weight excluding hydrogens is 230 g/mol. The maximum absolute atomic E-state index is 10.4. The van der Waals surface area contributed by atoms with Crippen molar-refractivity contribution >= 4 is 6.09 Å². The maximum Gasteiger partial charge on any atom is 0.404 e. The van der Waals surface area contributed by atoms with Gasteiger partial charge in [-0.2, -0.15) is 0 Å². The number of nitrogens with zero attached hydrogens (tertiary/aromatic N) is 2. The van der Waals surface area contributed by atoms with Crippen LogP contribution >= 0.6 is 0 Å². The van der Waals surface area contributed by atoms with Crippen LogP contribution in [0.3, 0.4) is 0 Å². The molecule has 0 saturated heterocycles. The van der Waals surface area contributed by atoms with Crippen molar-refractivity contribution < 1.29 is 9.53 Å². The van der Waals surface area contributed by atoms with E-state index in [-0.39, 0.29) is 0 Å². The number of carbonyl (C=O) groups excluding carboxylic acids is 1. The average molecular weight is 251 g/mol. The van der Waals surface area contributed by atoms with E-state index >= 15 is 0 Å². The summed E-state index contributed by atoms with van der Waals surface area (Å²) in [5.41, 5.74) is 6.13. The monoisotopic (exact) mass is 251 g/mol. The van der Waals surface area contributed by atoms with Gasteiger partial charge in [0, 0.05) is 25.0 Å². The summed E-state index contributed by atoms with van der Waals surface area (Å²) < 4.78 is 4.71. The molecule has 0 aliphatic carbocycles. The lowest BCUT2D eigenvalue weighted by atomic mass is 10.2. The van der Waals surface area contributed by atoms with Crippen LogP contribution in [0.15, 0.2) is 37.2 Å². The lowest BCUT2D eigenvalue weighted by Gasteiger charge is -2.21. The fourth-order valence-electron chi connectivity index (χ4n) is 1.90. The minimum atomic E-state index is -0.716. The van der Waals surface area contributed by atoms with Gasteiger partial charge in [-0.1, -0.05) is 12.2 Å². The normalized spacial score (nSPS) is 14.3. The molecule has 0 bridgehead atoms. The van der Waals surface area contributed by atoms with Crippen LogP contribution < -0.4 is 5.73 Å². The Morgan fingerprint density at radius 1 is 1.44 bits per heavy atom. The summed E-state index contributed by atoms with van der Waals surface area (Å²) in [6.45, 7) is 10.3. The topological polar surface area (TPSA) is 58.8 Å². The van der Waals surface area contributed by atoms with E-state index in [9.17, 15) is 4.79 Å². The molecule has 1 amide bonds. The molecule has 100 valence electrons. The Hall–Kier alpha value is -1.91. The highest BCUT2D eigenvalue weighted by Gasteiger charge is 2.18. The first-order valence-electron chi connectivity index (χ1n) is 6.01. The molecule has 5 nitrogen and oxygen atoms in total. The quantitative estimate of drug-likeness (QED) is 0.526. The van der Waals surface area contributed by atoms with Crippen molar-refractivity contribution in [3.63, 3.8) is 0 Å². The third kappa shape index (κ3) is 4.53. The molecule has 1 aliphatic rings. The molecule has 0 aromatic carbocycles. The van der Waals surface area contributed by atoms with E-state index in [1.807, 2.05) is 12.2 Å². The highest BCUT2D eigenvalue weighted by Crippen LogP contribution is 2.20. The van der Waals surface area contributed by atoms with E-state index in [4.69, 9.17) is 10.5 Å². The summed E-state index contributed by atoms with van der Waals surface area (Å²) in [4.78, 5) is 14.9. The van der Waals surface area contributed by atoms with Crippen LogP contribution in [0.1, 0.15) is 12.8 Å². The SMILES string of the molecule is C=CCN1C=C(CCCOC(N)=O)N(CC=C)C1. The molecule has 0 spiro atoms. The highest BCUT2D eigenvalue weighted by atomic mass is 16.5. The predicted octanol–water partition coefficient (Wildman–Crippen LogP) is 1.65. The minimum Gasteiger partial charge on any atom is -0.450 e. The van der Waals surface area contributed by atoms with Crippen molar-refractivity contribution in [1.82, 2.24) is 9.80 Å². The van der Waals surface area contributed by atoms with Crippen LogP contribution in [-0.4, -0.2) is 42.3 Å². The molecule has 0 aromatic heterocycles. The Balaban J connectivity index is 2.42. The van der Waals surface area contributed by atoms with Crippen LogP contribution in [-0.2, 0) is 4.74 Å². The number of allylic oxidation sites excluding steroid dienone is 1. The molecule has 0 saturated carbocycles. The first-order chi connectivity index (χ1) is 8.67. The van der Waals surface area contributed by atoms with Crippen LogP contribution in [0.5, 0.6) is 0 Å². The number of rotatable bonds is 8. The average Bonchev–Trinajstić information content (AvgIpc) is 2.68. The first-order valence-corrected chi connectivity index (χ1v) is 6.01. The molecule has 0 atom stereocenters. The zero-order valence-corrected chi connectivity index (χ0v) is 10.7. The lowest BCUT2D eigenvalue weighted by Crippen LogP contribution is -2.27. The maximum atomic E-state index is 10.4. The fourth-order valence-corrected chi connectivity index (χ4v) is 1.90. The number of hydrogen-bond acceptors (Lipinski definition) is 4. The van der Waals surface area contributed by atoms with Crippen molar-refractivity contribution in [3.8, 4) is 0 Å². The highest BCUT2D eigenvalue weighted by molar-refractivity contribution is 5.64. The van der Waals surface area contributed by atoms with Gasteiger partial charge in [0.1, 0.15) is 0 Å². The number of amides is 1. The van der Waals surface area contributed by atoms with E-state index in [1.165, 1.54) is 5.70 Å². The zero-order valence-electron chi connectivity index (χ0n) is 10.7. The van der Waals surface area contributed by atoms with Crippen molar-refractivity contribution in [1.29, 1.82) is 0 Å². The number of nitrogens with two attached hydrogens (primary N) is 1. The van der Waals surface area contributed by atoms with Crippen LogP contribution in [0.25, 0.3) is 0 Å². The van der Waals surface area contributed by atoms with Gasteiger partial charge in [-0.15, -0.1) is 13.2 Å². The summed E-state index contributed by atoms with van der Waals surface area (Å²) in [7, 11) is 0. The number of carbonyl (C=O) groups is 1. The minimum absolute atomic E-state index is 0.357. The molecule has 0 radical (unpaired) electrons. The molecule has 1 heterocycles. The molecule has 0 unspecified atom stereocenters. The number of hydrogen-bond donors (Lipinski definition) is 1. The van der Waals surface area contributed by atoms with Crippen LogP contribution in [0.2, 0.25) is 0 Å². The molecule has 1 rings (SSSR count). The Kier molecular flexibility index (Phi) is 5.84. The van der Waals surface area contributed by atoms with E-state index in [2.05, 4.69) is 29.2 Å². The van der Waals surface area contributed by atoms with Gasteiger partial charge in [0.2, 0.25) is 0 Å². The summed E-state index contributed by atoms with van der Waals surface area (Å²) in [5, 5.41) is 0. The Morgan fingerprint density at radius 2 is 2.17 bits per heavy atom. The van der Waals surface area contributed by atoms with Gasteiger partial charge in [-0.05, 0) is 12.8 Å². The molecule has 0 fully saturated rings. The lowest BCUT2D eigenvalue weighted by molar-refractivity contribution is 0.154. The second-order valence-electron chi connectivity index (χ2n) is 4.10. The second kappa shape index (κ2) is 7.42. The molecule has 5 heteroatoms. The van der Waals surface area contributed by atoms with Crippen molar-refractivity contribution in [2.24, 2.45) is 5.73 Å². The second-order valence-corrected chi connectivity index (χ2v) is 4.10. The van der Waals surface area contributed by atoms with Gasteiger partial charge >= 0.3 is 6.09 Å². The number of primary amides is 1. The van der Waals surface area contributed by atoms with E-state index in [0.29, 0.717) is 6.61 Å². The van der Waals surface area contributed by atoms with E-state index in [1.54, 1.807) is 0 Å². The Bertz CT molecular complexity index is 339. The standard InChI is InChI=1S/C13H21N3O2/c1-3-7-15-10-12(16(11-15)8-4-2)6-5-9-18-13(14)17/h3-4,10H,1-2,5-9,11H2,(H2,14,17). The van der Waals surface area contributed by atoms with E-state index in [0.717, 1.165) is 32.6 Å². The van der Waals surface area contributed by atoms with Gasteiger partial charge in [0.15, 0.2) is 0 Å². The molecular formula is C13H21N3O2. The zero-order chi connectivity index (χ0) is 13.4. The first kappa shape index (κ1) is 14.2. The van der Waals surface area contributed by atoms with Gasteiger partial charge in [0.25, 0.3) is 0 Å². The van der Waals surface area contributed by atoms with Crippen molar-refractivity contribution in [3.05, 3.63) is 37.2 Å². The molecule has 2 N–H and O–H groups in total. The van der Waals surface area contributed by atoms with Crippen LogP contribution in [0.4, 0.5) is 4.79 Å². The number of ether oxygens (including phenoxy) is 1. The van der Waals surface area contributed by atoms with Gasteiger partial charge in [-0.3, -0.25) is 0 Å². The van der Waals surface area contributed by atoms with Gasteiger partial charge < -0.3 is 20.3 Å². The smallest absolute Gasteiger partial charge is 0.404 e.